The van der Waals surface area contributed by atoms with E-state index in [2.05, 4.69) is 93.0 Å². The van der Waals surface area contributed by atoms with Gasteiger partial charge >= 0.3 is 0 Å². The summed E-state index contributed by atoms with van der Waals surface area (Å²) in [6.07, 6.45) is 6.19. The Hall–Kier alpha value is -3.47. The molecule has 10 heteroatoms. The molecule has 0 aliphatic carbocycles. The molecule has 1 fully saturated rings. The molecular weight excluding hydrogens is 490 g/mol. The van der Waals surface area contributed by atoms with Gasteiger partial charge in [-0.25, -0.2) is 4.68 Å². The molecule has 1 unspecified atom stereocenters. The summed E-state index contributed by atoms with van der Waals surface area (Å²) >= 11 is 0. The molecule has 0 radical (unpaired) electrons. The van der Waals surface area contributed by atoms with Crippen molar-refractivity contribution in [2.75, 3.05) is 53.4 Å². The number of H-pyrrole nitrogens is 1. The molecule has 0 amide bonds. The molecule has 2 aliphatic rings. The molecule has 1 aromatic carbocycles. The lowest BCUT2D eigenvalue weighted by Crippen LogP contribution is -2.45. The largest absolute Gasteiger partial charge is 0.473 e. The van der Waals surface area contributed by atoms with E-state index in [-0.39, 0.29) is 6.10 Å². The normalized spacial score (nSPS) is 20.4. The Kier molecular flexibility index (Phi) is 7.01. The number of rotatable bonds is 3. The van der Waals surface area contributed by atoms with Gasteiger partial charge in [-0.15, -0.1) is 0 Å². The van der Waals surface area contributed by atoms with E-state index in [0.29, 0.717) is 0 Å². The van der Waals surface area contributed by atoms with Gasteiger partial charge in [-0.3, -0.25) is 19.6 Å². The molecule has 10 nitrogen and oxygen atoms in total. The number of likely N-dealkylation sites (N-methyl/N-ethyl adjacent to an activating group) is 2. The van der Waals surface area contributed by atoms with E-state index in [1.807, 2.05) is 17.9 Å². The van der Waals surface area contributed by atoms with Gasteiger partial charge in [0.05, 0.1) is 35.2 Å². The second-order valence-corrected chi connectivity index (χ2v) is 11.1. The van der Waals surface area contributed by atoms with Crippen LogP contribution in [0.2, 0.25) is 0 Å². The first-order chi connectivity index (χ1) is 18.9. The highest BCUT2D eigenvalue weighted by atomic mass is 16.5. The van der Waals surface area contributed by atoms with E-state index >= 15 is 0 Å². The number of benzene rings is 1. The third-order valence-electron chi connectivity index (χ3n) is 8.05. The summed E-state index contributed by atoms with van der Waals surface area (Å²) in [6.45, 7) is 12.2. The van der Waals surface area contributed by atoms with Crippen molar-refractivity contribution in [3.8, 4) is 17.0 Å². The number of hydrogen-bond donors (Lipinski definition) is 1. The second kappa shape index (κ2) is 10.6. The molecule has 1 N–H and O–H groups in total. The summed E-state index contributed by atoms with van der Waals surface area (Å²) in [5.74, 6) is 0.774. The van der Waals surface area contributed by atoms with Gasteiger partial charge in [-0.1, -0.05) is 6.07 Å². The summed E-state index contributed by atoms with van der Waals surface area (Å²) in [7, 11) is 6.26. The van der Waals surface area contributed by atoms with Crippen LogP contribution in [0.3, 0.4) is 0 Å². The lowest BCUT2D eigenvalue weighted by atomic mass is 10.0. The van der Waals surface area contributed by atoms with Crippen LogP contribution in [0.25, 0.3) is 34.2 Å². The highest BCUT2D eigenvalue weighted by molar-refractivity contribution is 5.93. The third-order valence-corrected chi connectivity index (χ3v) is 8.05. The molecule has 3 aromatic heterocycles. The molecule has 0 saturated carbocycles. The molecule has 0 spiro atoms. The number of hydrogen-bond acceptors (Lipinski definition) is 7. The zero-order valence-electron chi connectivity index (χ0n) is 23.7. The maximum Gasteiger partial charge on any atom is 0.219 e. The van der Waals surface area contributed by atoms with Crippen LogP contribution in [0.15, 0.2) is 24.4 Å². The van der Waals surface area contributed by atoms with Gasteiger partial charge < -0.3 is 9.64 Å². The number of aryl methyl sites for hydroxylation is 1. The maximum absolute atomic E-state index is 6.48. The molecule has 206 valence electrons. The van der Waals surface area contributed by atoms with Crippen molar-refractivity contribution >= 4 is 23.1 Å². The van der Waals surface area contributed by atoms with E-state index in [0.717, 1.165) is 91.7 Å². The number of aromatic nitrogens is 6. The average Bonchev–Trinajstić information content (AvgIpc) is 3.57. The standard InChI is InChI=1S/C29H39N9O/c1-20-18-35(4)19-28-23(21(2)38(33-28)15-14-37-12-10-34(3)11-13-37)7-9-27-24-16-22(6-8-26(24)31-32-27)25-17-30-36(5)29(25)39-20/h6-9,16-17,20H,10-15,18-19H2,1-5H3,(H,31,32)/b9-7+. The molecule has 39 heavy (non-hydrogen) atoms. The van der Waals surface area contributed by atoms with E-state index in [4.69, 9.17) is 9.84 Å². The number of fused-ring (bicyclic) bond motifs is 4. The summed E-state index contributed by atoms with van der Waals surface area (Å²) in [5.41, 5.74) is 7.40. The Balaban J connectivity index is 1.37. The Bertz CT molecular complexity index is 1490. The van der Waals surface area contributed by atoms with Gasteiger partial charge in [-0.05, 0) is 57.8 Å². The molecule has 1 atom stereocenters. The van der Waals surface area contributed by atoms with Crippen molar-refractivity contribution in [2.24, 2.45) is 7.05 Å². The monoisotopic (exact) mass is 529 g/mol. The van der Waals surface area contributed by atoms with Crippen molar-refractivity contribution in [3.05, 3.63) is 47.0 Å². The van der Waals surface area contributed by atoms with Gasteiger partial charge in [0.1, 0.15) is 6.10 Å². The van der Waals surface area contributed by atoms with Crippen molar-refractivity contribution < 1.29 is 4.74 Å². The van der Waals surface area contributed by atoms with Crippen LogP contribution < -0.4 is 4.74 Å². The van der Waals surface area contributed by atoms with Crippen LogP contribution in [-0.4, -0.2) is 104 Å². The number of nitrogens with zero attached hydrogens (tertiary/aromatic N) is 8. The average molecular weight is 530 g/mol. The summed E-state index contributed by atoms with van der Waals surface area (Å²) in [4.78, 5) is 7.23. The highest BCUT2D eigenvalue weighted by Crippen LogP contribution is 2.33. The summed E-state index contributed by atoms with van der Waals surface area (Å²) in [6, 6.07) is 6.31. The van der Waals surface area contributed by atoms with Crippen LogP contribution in [-0.2, 0) is 20.1 Å². The molecule has 4 aromatic rings. The minimum absolute atomic E-state index is 0.0260. The Labute approximate surface area is 229 Å². The number of piperazine rings is 1. The lowest BCUT2D eigenvalue weighted by Gasteiger charge is -2.32. The minimum atomic E-state index is -0.0260. The second-order valence-electron chi connectivity index (χ2n) is 11.1. The molecule has 6 rings (SSSR count). The van der Waals surface area contributed by atoms with Crippen LogP contribution in [0.4, 0.5) is 0 Å². The SMILES string of the molecule is Cc1c2c(nn1CCN1CCN(C)CC1)CN(C)CC(C)Oc1c(cnn1C)-c1ccc3n[nH]c(c3c1)/C=C/2. The Morgan fingerprint density at radius 3 is 2.67 bits per heavy atom. The Morgan fingerprint density at radius 2 is 1.85 bits per heavy atom. The van der Waals surface area contributed by atoms with Crippen LogP contribution >= 0.6 is 0 Å². The van der Waals surface area contributed by atoms with E-state index < -0.39 is 0 Å². The van der Waals surface area contributed by atoms with E-state index in [1.165, 1.54) is 11.3 Å². The fraction of sp³-hybridized carbons (Fsp3) is 0.483. The van der Waals surface area contributed by atoms with Gasteiger partial charge in [0.15, 0.2) is 0 Å². The smallest absolute Gasteiger partial charge is 0.219 e. The van der Waals surface area contributed by atoms with Gasteiger partial charge in [0.25, 0.3) is 0 Å². The van der Waals surface area contributed by atoms with Crippen LogP contribution in [0.5, 0.6) is 5.88 Å². The first-order valence-electron chi connectivity index (χ1n) is 13.9. The van der Waals surface area contributed by atoms with E-state index in [1.54, 1.807) is 0 Å². The van der Waals surface area contributed by atoms with E-state index in [9.17, 15) is 0 Å². The van der Waals surface area contributed by atoms with Gasteiger partial charge in [-0.2, -0.15) is 15.3 Å². The number of nitrogens with one attached hydrogen (secondary N) is 1. The van der Waals surface area contributed by atoms with Crippen molar-refractivity contribution in [3.63, 3.8) is 0 Å². The first kappa shape index (κ1) is 25.8. The first-order valence-corrected chi connectivity index (χ1v) is 13.9. The molecule has 1 saturated heterocycles. The summed E-state index contributed by atoms with van der Waals surface area (Å²) < 4.78 is 10.5. The molecule has 5 heterocycles. The quantitative estimate of drug-likeness (QED) is 0.437. The van der Waals surface area contributed by atoms with Crippen LogP contribution in [0, 0.1) is 6.92 Å². The third kappa shape index (κ3) is 5.24. The molecule has 2 bridgehead atoms. The van der Waals surface area contributed by atoms with Crippen molar-refractivity contribution in [2.45, 2.75) is 33.0 Å². The zero-order chi connectivity index (χ0) is 27.1. The lowest BCUT2D eigenvalue weighted by molar-refractivity contribution is 0.146. The topological polar surface area (TPSA) is 83.3 Å². The zero-order valence-corrected chi connectivity index (χ0v) is 23.7. The van der Waals surface area contributed by atoms with Gasteiger partial charge in [0, 0.05) is 69.5 Å². The minimum Gasteiger partial charge on any atom is -0.473 e. The maximum atomic E-state index is 6.48. The Morgan fingerprint density at radius 1 is 1.03 bits per heavy atom. The molecule has 2 aliphatic heterocycles. The fourth-order valence-corrected chi connectivity index (χ4v) is 5.72. The number of aromatic amines is 1. The predicted octanol–water partition coefficient (Wildman–Crippen LogP) is 3.10. The van der Waals surface area contributed by atoms with Crippen molar-refractivity contribution in [1.82, 2.24) is 44.5 Å². The van der Waals surface area contributed by atoms with Crippen LogP contribution in [0.1, 0.15) is 29.6 Å². The van der Waals surface area contributed by atoms with Gasteiger partial charge in [0.2, 0.25) is 5.88 Å². The highest BCUT2D eigenvalue weighted by Gasteiger charge is 2.21. The van der Waals surface area contributed by atoms with Crippen molar-refractivity contribution in [1.29, 1.82) is 0 Å². The fourth-order valence-electron chi connectivity index (χ4n) is 5.72. The predicted molar refractivity (Wildman–Crippen MR) is 155 cm³/mol. The number of ether oxygens (including phenoxy) is 1. The summed E-state index contributed by atoms with van der Waals surface area (Å²) in [5, 5.41) is 18.5. The molecular formula is C29H39N9O.